The monoisotopic (exact) mass is 495 g/mol. The van der Waals surface area contributed by atoms with Crippen LogP contribution in [0.1, 0.15) is 38.8 Å². The van der Waals surface area contributed by atoms with Gasteiger partial charge in [-0.15, -0.1) is 0 Å². The lowest BCUT2D eigenvalue weighted by Gasteiger charge is -2.43. The zero-order valence-corrected chi connectivity index (χ0v) is 21.3. The Labute approximate surface area is 209 Å². The number of methoxy groups -OCH3 is 1. The molecule has 0 aliphatic carbocycles. The summed E-state index contributed by atoms with van der Waals surface area (Å²) in [6.45, 7) is 9.34. The van der Waals surface area contributed by atoms with Gasteiger partial charge in [0, 0.05) is 34.4 Å². The molecule has 176 valence electrons. The molecule has 2 aliphatic rings. The van der Waals surface area contributed by atoms with Gasteiger partial charge in [0.2, 0.25) is 0 Å². The number of thiocarbonyl (C=S) groups is 1. The van der Waals surface area contributed by atoms with Crippen molar-refractivity contribution in [1.29, 1.82) is 0 Å². The van der Waals surface area contributed by atoms with Gasteiger partial charge in [-0.3, -0.25) is 19.8 Å². The minimum absolute atomic E-state index is 0.00594. The number of amides is 2. The predicted octanol–water partition coefficient (Wildman–Crippen LogP) is 5.20. The number of likely N-dealkylation sites (N-methyl/N-ethyl adjacent to an activating group) is 1. The van der Waals surface area contributed by atoms with Crippen molar-refractivity contribution < 1.29 is 14.3 Å². The van der Waals surface area contributed by atoms with E-state index in [0.29, 0.717) is 22.0 Å². The Kier molecular flexibility index (Phi) is 6.27. The fraction of sp³-hybridized carbons (Fsp3) is 0.269. The molecule has 0 aromatic heterocycles. The molecule has 0 saturated carbocycles. The van der Waals surface area contributed by atoms with Crippen LogP contribution in [-0.4, -0.2) is 36.1 Å². The van der Waals surface area contributed by atoms with Crippen LogP contribution in [0.15, 0.2) is 48.0 Å². The van der Waals surface area contributed by atoms with Crippen molar-refractivity contribution in [3.05, 3.63) is 64.2 Å². The summed E-state index contributed by atoms with van der Waals surface area (Å²) in [4.78, 5) is 29.8. The van der Waals surface area contributed by atoms with E-state index in [1.807, 2.05) is 12.1 Å². The van der Waals surface area contributed by atoms with Gasteiger partial charge >= 0.3 is 0 Å². The van der Waals surface area contributed by atoms with Crippen molar-refractivity contribution in [3.63, 3.8) is 0 Å². The van der Waals surface area contributed by atoms with Crippen LogP contribution in [0.2, 0.25) is 5.02 Å². The molecule has 1 saturated heterocycles. The standard InChI is InChI=1S/C26H26ClN3O3S/c1-6-29-21-13-22(33-5)16(10-19(21)15(2)14-26(29,3)4)11-20-23(31)28-25(34)30(24(20)32)18-9-7-8-17(27)12-18/h7-14H,6H2,1-5H3,(H,28,31,34)/b20-11-. The summed E-state index contributed by atoms with van der Waals surface area (Å²) in [6.07, 6.45) is 3.78. The Morgan fingerprint density at radius 2 is 1.94 bits per heavy atom. The van der Waals surface area contributed by atoms with Gasteiger partial charge in [-0.1, -0.05) is 23.7 Å². The highest BCUT2D eigenvalue weighted by Gasteiger charge is 2.35. The first-order valence-corrected chi connectivity index (χ1v) is 11.7. The predicted molar refractivity (Wildman–Crippen MR) is 141 cm³/mol. The van der Waals surface area contributed by atoms with Crippen molar-refractivity contribution in [2.24, 2.45) is 0 Å². The van der Waals surface area contributed by atoms with Gasteiger partial charge in [-0.2, -0.15) is 0 Å². The number of benzene rings is 2. The third-order valence-electron chi connectivity index (χ3n) is 6.11. The van der Waals surface area contributed by atoms with E-state index in [1.165, 1.54) is 4.90 Å². The molecule has 2 aliphatic heterocycles. The summed E-state index contributed by atoms with van der Waals surface area (Å²) in [6, 6.07) is 10.7. The minimum atomic E-state index is -0.559. The first-order chi connectivity index (χ1) is 16.1. The van der Waals surface area contributed by atoms with Crippen LogP contribution < -0.4 is 19.9 Å². The fourth-order valence-electron chi connectivity index (χ4n) is 4.65. The molecule has 0 radical (unpaired) electrons. The second-order valence-electron chi connectivity index (χ2n) is 8.77. The van der Waals surface area contributed by atoms with Crippen molar-refractivity contribution in [2.75, 3.05) is 23.5 Å². The van der Waals surface area contributed by atoms with E-state index in [0.717, 1.165) is 23.4 Å². The Balaban J connectivity index is 1.83. The number of carbonyl (C=O) groups excluding carboxylic acids is 2. The Morgan fingerprint density at radius 3 is 2.59 bits per heavy atom. The molecule has 0 unspecified atom stereocenters. The van der Waals surface area contributed by atoms with Crippen molar-refractivity contribution in [1.82, 2.24) is 5.32 Å². The number of hydrogen-bond acceptors (Lipinski definition) is 5. The molecule has 4 rings (SSSR count). The number of carbonyl (C=O) groups is 2. The first-order valence-electron chi connectivity index (χ1n) is 10.9. The van der Waals surface area contributed by atoms with Crippen molar-refractivity contribution in [2.45, 2.75) is 33.2 Å². The molecular weight excluding hydrogens is 470 g/mol. The summed E-state index contributed by atoms with van der Waals surface area (Å²) in [5.41, 5.74) is 4.11. The number of ether oxygens (including phenoxy) is 1. The summed E-state index contributed by atoms with van der Waals surface area (Å²) >= 11 is 11.4. The van der Waals surface area contributed by atoms with Crippen LogP contribution in [0.3, 0.4) is 0 Å². The second kappa shape index (κ2) is 8.89. The van der Waals surface area contributed by atoms with Gasteiger partial charge in [-0.25, -0.2) is 0 Å². The van der Waals surface area contributed by atoms with E-state index in [9.17, 15) is 9.59 Å². The van der Waals surface area contributed by atoms with Crippen LogP contribution in [0.4, 0.5) is 11.4 Å². The largest absolute Gasteiger partial charge is 0.496 e. The molecule has 0 atom stereocenters. The second-order valence-corrected chi connectivity index (χ2v) is 9.60. The highest BCUT2D eigenvalue weighted by atomic mass is 35.5. The number of hydrogen-bond donors (Lipinski definition) is 1. The average Bonchev–Trinajstić information content (AvgIpc) is 2.76. The molecule has 6 nitrogen and oxygen atoms in total. The molecule has 1 N–H and O–H groups in total. The Hall–Kier alpha value is -3.16. The van der Waals surface area contributed by atoms with Crippen molar-refractivity contribution in [3.8, 4) is 5.75 Å². The van der Waals surface area contributed by atoms with Gasteiger partial charge in [0.05, 0.1) is 18.3 Å². The highest BCUT2D eigenvalue weighted by Crippen LogP contribution is 2.42. The third-order valence-corrected chi connectivity index (χ3v) is 6.63. The molecule has 2 amide bonds. The fourth-order valence-corrected chi connectivity index (χ4v) is 5.12. The van der Waals surface area contributed by atoms with E-state index in [1.54, 1.807) is 37.5 Å². The van der Waals surface area contributed by atoms with E-state index >= 15 is 0 Å². The quantitative estimate of drug-likeness (QED) is 0.359. The number of nitrogens with one attached hydrogen (secondary N) is 1. The summed E-state index contributed by atoms with van der Waals surface area (Å²) in [7, 11) is 1.58. The van der Waals surface area contributed by atoms with E-state index in [-0.39, 0.29) is 16.2 Å². The summed E-state index contributed by atoms with van der Waals surface area (Å²) in [5, 5.41) is 3.07. The van der Waals surface area contributed by atoms with Gasteiger partial charge in [0.15, 0.2) is 5.11 Å². The zero-order chi connectivity index (χ0) is 24.8. The van der Waals surface area contributed by atoms with E-state index in [2.05, 4.69) is 44.0 Å². The number of allylic oxidation sites excluding steroid dienone is 1. The smallest absolute Gasteiger partial charge is 0.270 e. The SMILES string of the molecule is CCN1c2cc(OC)c(/C=C3/C(=O)NC(=S)N(c4cccc(Cl)c4)C3=O)cc2C(C)=CC1(C)C. The van der Waals surface area contributed by atoms with Crippen LogP contribution >= 0.6 is 23.8 Å². The highest BCUT2D eigenvalue weighted by molar-refractivity contribution is 7.80. The average molecular weight is 496 g/mol. The number of rotatable bonds is 4. The van der Waals surface area contributed by atoms with E-state index < -0.39 is 11.8 Å². The molecule has 2 heterocycles. The third kappa shape index (κ3) is 4.10. The number of anilines is 2. The molecule has 34 heavy (non-hydrogen) atoms. The molecule has 1 fully saturated rings. The molecule has 2 aromatic carbocycles. The summed E-state index contributed by atoms with van der Waals surface area (Å²) < 4.78 is 5.68. The van der Waals surface area contributed by atoms with Crippen LogP contribution in [0.25, 0.3) is 11.6 Å². The maximum atomic E-state index is 13.4. The lowest BCUT2D eigenvalue weighted by atomic mass is 9.87. The lowest BCUT2D eigenvalue weighted by Crippen LogP contribution is -2.54. The number of halogens is 1. The molecular formula is C26H26ClN3O3S. The topological polar surface area (TPSA) is 61.9 Å². The molecule has 2 aromatic rings. The minimum Gasteiger partial charge on any atom is -0.496 e. The van der Waals surface area contributed by atoms with Gasteiger partial charge in [0.25, 0.3) is 11.8 Å². The van der Waals surface area contributed by atoms with Crippen LogP contribution in [0.5, 0.6) is 5.75 Å². The van der Waals surface area contributed by atoms with Crippen LogP contribution in [0, 0.1) is 0 Å². The van der Waals surface area contributed by atoms with Gasteiger partial charge < -0.3 is 9.64 Å². The lowest BCUT2D eigenvalue weighted by molar-refractivity contribution is -0.122. The number of fused-ring (bicyclic) bond motifs is 1. The maximum Gasteiger partial charge on any atom is 0.270 e. The van der Waals surface area contributed by atoms with Crippen molar-refractivity contribution >= 4 is 63.8 Å². The zero-order valence-electron chi connectivity index (χ0n) is 19.7. The van der Waals surface area contributed by atoms with Gasteiger partial charge in [-0.05, 0) is 75.8 Å². The van der Waals surface area contributed by atoms with E-state index in [4.69, 9.17) is 28.6 Å². The van der Waals surface area contributed by atoms with Gasteiger partial charge in [0.1, 0.15) is 11.3 Å². The Bertz CT molecular complexity index is 1280. The Morgan fingerprint density at radius 1 is 1.21 bits per heavy atom. The molecule has 8 heteroatoms. The molecule has 0 bridgehead atoms. The first kappa shape index (κ1) is 24.0. The maximum absolute atomic E-state index is 13.4. The van der Waals surface area contributed by atoms with Crippen LogP contribution in [-0.2, 0) is 9.59 Å². The number of nitrogens with zero attached hydrogens (tertiary/aromatic N) is 2. The summed E-state index contributed by atoms with van der Waals surface area (Å²) in [5.74, 6) is -0.519. The molecule has 0 spiro atoms. The normalized spacial score (nSPS) is 18.6.